The van der Waals surface area contributed by atoms with Crippen LogP contribution in [0.25, 0.3) is 0 Å². The first-order valence-corrected chi connectivity index (χ1v) is 10.2. The standard InChI is InChI=1S/C19H24N2O3S/c20-25(22,23)19(17-7-4-12-21-13-17)14-24-18-10-8-16(9-11-18)15-5-2-1-3-6-15/h1-7,12-13,16,18-19H,8-11,14H2,(H2,20,22,23). The van der Waals surface area contributed by atoms with E-state index in [-0.39, 0.29) is 12.7 Å². The monoisotopic (exact) mass is 360 g/mol. The first kappa shape index (κ1) is 18.0. The molecule has 2 aromatic rings. The molecule has 0 saturated heterocycles. The fraction of sp³-hybridized carbons (Fsp3) is 0.421. The third-order valence-electron chi connectivity index (χ3n) is 4.88. The summed E-state index contributed by atoms with van der Waals surface area (Å²) in [6.07, 6.45) is 7.21. The number of nitrogens with zero attached hydrogens (tertiary/aromatic N) is 1. The molecule has 2 N–H and O–H groups in total. The Morgan fingerprint density at radius 3 is 2.40 bits per heavy atom. The van der Waals surface area contributed by atoms with E-state index in [0.717, 1.165) is 25.7 Å². The van der Waals surface area contributed by atoms with E-state index in [2.05, 4.69) is 29.2 Å². The molecule has 1 unspecified atom stereocenters. The van der Waals surface area contributed by atoms with Crippen molar-refractivity contribution in [3.05, 3.63) is 66.0 Å². The van der Waals surface area contributed by atoms with Crippen LogP contribution in [0.4, 0.5) is 0 Å². The Labute approximate surface area is 149 Å². The molecule has 134 valence electrons. The first-order valence-electron chi connectivity index (χ1n) is 8.62. The minimum Gasteiger partial charge on any atom is -0.376 e. The minimum absolute atomic E-state index is 0.0746. The van der Waals surface area contributed by atoms with E-state index in [1.807, 2.05) is 6.07 Å². The van der Waals surface area contributed by atoms with Crippen LogP contribution in [-0.2, 0) is 14.8 Å². The van der Waals surface area contributed by atoms with Crippen molar-refractivity contribution in [1.82, 2.24) is 4.98 Å². The highest BCUT2D eigenvalue weighted by Crippen LogP contribution is 2.34. The van der Waals surface area contributed by atoms with Crippen molar-refractivity contribution in [2.45, 2.75) is 43.0 Å². The summed E-state index contributed by atoms with van der Waals surface area (Å²) in [4.78, 5) is 3.98. The number of ether oxygens (including phenoxy) is 1. The second-order valence-corrected chi connectivity index (χ2v) is 8.33. The third kappa shape index (κ3) is 4.87. The Balaban J connectivity index is 1.56. The highest BCUT2D eigenvalue weighted by atomic mass is 32.2. The van der Waals surface area contributed by atoms with Gasteiger partial charge in [0.15, 0.2) is 0 Å². The Morgan fingerprint density at radius 2 is 1.80 bits per heavy atom. The summed E-state index contributed by atoms with van der Waals surface area (Å²) in [5.74, 6) is 0.563. The average molecular weight is 360 g/mol. The van der Waals surface area contributed by atoms with Crippen molar-refractivity contribution in [3.8, 4) is 0 Å². The van der Waals surface area contributed by atoms with Gasteiger partial charge in [0, 0.05) is 12.4 Å². The number of primary sulfonamides is 1. The van der Waals surface area contributed by atoms with Gasteiger partial charge in [-0.2, -0.15) is 0 Å². The van der Waals surface area contributed by atoms with Gasteiger partial charge in [0.05, 0.1) is 12.7 Å². The number of rotatable bonds is 6. The van der Waals surface area contributed by atoms with Crippen LogP contribution in [0.15, 0.2) is 54.9 Å². The van der Waals surface area contributed by atoms with Gasteiger partial charge < -0.3 is 4.74 Å². The summed E-state index contributed by atoms with van der Waals surface area (Å²) in [5.41, 5.74) is 1.95. The van der Waals surface area contributed by atoms with Crippen molar-refractivity contribution in [2.24, 2.45) is 5.14 Å². The summed E-state index contributed by atoms with van der Waals surface area (Å²) in [6, 6.07) is 13.9. The molecular formula is C19H24N2O3S. The Morgan fingerprint density at radius 1 is 1.08 bits per heavy atom. The van der Waals surface area contributed by atoms with E-state index >= 15 is 0 Å². The average Bonchev–Trinajstić information content (AvgIpc) is 2.63. The summed E-state index contributed by atoms with van der Waals surface area (Å²) in [6.45, 7) is 0.0746. The van der Waals surface area contributed by atoms with E-state index in [1.165, 1.54) is 11.8 Å². The largest absolute Gasteiger partial charge is 0.376 e. The lowest BCUT2D eigenvalue weighted by molar-refractivity contribution is 0.0246. The van der Waals surface area contributed by atoms with Crippen molar-refractivity contribution in [3.63, 3.8) is 0 Å². The number of benzene rings is 1. The van der Waals surface area contributed by atoms with E-state index in [0.29, 0.717) is 11.5 Å². The Hall–Kier alpha value is -1.76. The topological polar surface area (TPSA) is 82.3 Å². The molecule has 1 heterocycles. The Kier molecular flexibility index (Phi) is 5.83. The van der Waals surface area contributed by atoms with Crippen LogP contribution in [0.5, 0.6) is 0 Å². The van der Waals surface area contributed by atoms with Gasteiger partial charge in [0.1, 0.15) is 5.25 Å². The second-order valence-electron chi connectivity index (χ2n) is 6.58. The van der Waals surface area contributed by atoms with Gasteiger partial charge >= 0.3 is 0 Å². The van der Waals surface area contributed by atoms with Gasteiger partial charge in [0.25, 0.3) is 0 Å². The first-order chi connectivity index (χ1) is 12.0. The number of sulfonamides is 1. The van der Waals surface area contributed by atoms with E-state index < -0.39 is 15.3 Å². The minimum atomic E-state index is -3.74. The molecular weight excluding hydrogens is 336 g/mol. The fourth-order valence-electron chi connectivity index (χ4n) is 3.46. The summed E-state index contributed by atoms with van der Waals surface area (Å²) >= 11 is 0. The zero-order valence-electron chi connectivity index (χ0n) is 14.1. The van der Waals surface area contributed by atoms with Crippen LogP contribution in [0.2, 0.25) is 0 Å². The normalized spacial score (nSPS) is 22.4. The SMILES string of the molecule is NS(=O)(=O)C(COC1CCC(c2ccccc2)CC1)c1cccnc1. The fourth-order valence-corrected chi connectivity index (χ4v) is 4.25. The zero-order valence-corrected chi connectivity index (χ0v) is 14.9. The molecule has 3 rings (SSSR count). The molecule has 1 saturated carbocycles. The van der Waals surface area contributed by atoms with Gasteiger partial charge in [0.2, 0.25) is 10.0 Å². The summed E-state index contributed by atoms with van der Waals surface area (Å²) in [7, 11) is -3.74. The maximum Gasteiger partial charge on any atom is 0.218 e. The lowest BCUT2D eigenvalue weighted by atomic mass is 9.83. The molecule has 6 heteroatoms. The van der Waals surface area contributed by atoms with Gasteiger partial charge in [-0.05, 0) is 48.8 Å². The molecule has 1 atom stereocenters. The van der Waals surface area contributed by atoms with Crippen LogP contribution < -0.4 is 5.14 Å². The molecule has 1 aromatic heterocycles. The van der Waals surface area contributed by atoms with E-state index in [4.69, 9.17) is 9.88 Å². The van der Waals surface area contributed by atoms with E-state index in [9.17, 15) is 8.42 Å². The number of nitrogens with two attached hydrogens (primary N) is 1. The van der Waals surface area contributed by atoms with E-state index in [1.54, 1.807) is 18.3 Å². The molecule has 5 nitrogen and oxygen atoms in total. The molecule has 1 aliphatic carbocycles. The van der Waals surface area contributed by atoms with Gasteiger partial charge in [-0.1, -0.05) is 36.4 Å². The lowest BCUT2D eigenvalue weighted by Gasteiger charge is -2.29. The zero-order chi connectivity index (χ0) is 17.7. The maximum atomic E-state index is 11.9. The molecule has 1 aliphatic rings. The van der Waals surface area contributed by atoms with Crippen molar-refractivity contribution >= 4 is 10.0 Å². The highest BCUT2D eigenvalue weighted by molar-refractivity contribution is 7.89. The number of hydrogen-bond acceptors (Lipinski definition) is 4. The highest BCUT2D eigenvalue weighted by Gasteiger charge is 2.28. The smallest absolute Gasteiger partial charge is 0.218 e. The van der Waals surface area contributed by atoms with Gasteiger partial charge in [-0.3, -0.25) is 4.98 Å². The molecule has 0 spiro atoms. The summed E-state index contributed by atoms with van der Waals surface area (Å²) in [5, 5.41) is 4.52. The number of hydrogen-bond donors (Lipinski definition) is 1. The molecule has 0 aliphatic heterocycles. The van der Waals surface area contributed by atoms with Crippen molar-refractivity contribution in [1.29, 1.82) is 0 Å². The predicted octanol–water partition coefficient (Wildman–Crippen LogP) is 3.15. The number of pyridine rings is 1. The molecule has 0 radical (unpaired) electrons. The third-order valence-corrected chi connectivity index (χ3v) is 6.08. The van der Waals surface area contributed by atoms with Crippen LogP contribution >= 0.6 is 0 Å². The summed E-state index contributed by atoms with van der Waals surface area (Å²) < 4.78 is 29.7. The van der Waals surface area contributed by atoms with Gasteiger partial charge in [-0.15, -0.1) is 0 Å². The quantitative estimate of drug-likeness (QED) is 0.858. The predicted molar refractivity (Wildman–Crippen MR) is 97.5 cm³/mol. The van der Waals surface area contributed by atoms with Crippen molar-refractivity contribution < 1.29 is 13.2 Å². The molecule has 0 bridgehead atoms. The molecule has 1 fully saturated rings. The maximum absolute atomic E-state index is 11.9. The van der Waals surface area contributed by atoms with Gasteiger partial charge in [-0.25, -0.2) is 13.6 Å². The Bertz CT molecular complexity index is 758. The van der Waals surface area contributed by atoms with Crippen molar-refractivity contribution in [2.75, 3.05) is 6.61 Å². The van der Waals surface area contributed by atoms with Crippen LogP contribution in [0.1, 0.15) is 48.0 Å². The van der Waals surface area contributed by atoms with Crippen LogP contribution in [-0.4, -0.2) is 26.1 Å². The lowest BCUT2D eigenvalue weighted by Crippen LogP contribution is -2.29. The van der Waals surface area contributed by atoms with Crippen LogP contribution in [0, 0.1) is 0 Å². The molecule has 25 heavy (non-hydrogen) atoms. The second kappa shape index (κ2) is 8.08. The molecule has 0 amide bonds. The molecule has 1 aromatic carbocycles. The number of aromatic nitrogens is 1. The van der Waals surface area contributed by atoms with Crippen LogP contribution in [0.3, 0.4) is 0 Å².